The van der Waals surface area contributed by atoms with Crippen molar-refractivity contribution in [1.29, 1.82) is 0 Å². The van der Waals surface area contributed by atoms with Crippen molar-refractivity contribution in [1.82, 2.24) is 23.9 Å². The van der Waals surface area contributed by atoms with Crippen molar-refractivity contribution in [3.63, 3.8) is 0 Å². The van der Waals surface area contributed by atoms with Crippen LogP contribution in [0.5, 0.6) is 0 Å². The van der Waals surface area contributed by atoms with E-state index < -0.39 is 0 Å². The van der Waals surface area contributed by atoms with E-state index in [-0.39, 0.29) is 17.5 Å². The van der Waals surface area contributed by atoms with Gasteiger partial charge in [0.2, 0.25) is 0 Å². The molecule has 5 rings (SSSR count). The van der Waals surface area contributed by atoms with Crippen LogP contribution < -0.4 is 5.69 Å². The van der Waals surface area contributed by atoms with Gasteiger partial charge in [-0.15, -0.1) is 5.10 Å². The molecule has 0 fully saturated rings. The van der Waals surface area contributed by atoms with Gasteiger partial charge < -0.3 is 4.57 Å². The summed E-state index contributed by atoms with van der Waals surface area (Å²) in [4.78, 5) is 17.5. The first-order chi connectivity index (χ1) is 14.5. The highest BCUT2D eigenvalue weighted by Crippen LogP contribution is 2.29. The average Bonchev–Trinajstić information content (AvgIpc) is 3.39. The van der Waals surface area contributed by atoms with Gasteiger partial charge in [0.1, 0.15) is 17.5 Å². The first-order valence-electron chi connectivity index (χ1n) is 10.1. The number of fused-ring (bicyclic) bond motifs is 1. The summed E-state index contributed by atoms with van der Waals surface area (Å²) >= 11 is 0. The number of aromatic nitrogens is 5. The normalized spacial score (nSPS) is 15.5. The summed E-state index contributed by atoms with van der Waals surface area (Å²) < 4.78 is 19.8. The summed E-state index contributed by atoms with van der Waals surface area (Å²) in [5.74, 6) is 1.21. The van der Waals surface area contributed by atoms with Crippen molar-refractivity contribution in [2.45, 2.75) is 39.3 Å². The standard InChI is InChI=1S/C23H22FN5O/c1-15-13-27(16(2)25-15)14-18-8-9-19(12-20(18)24)29-23(30)28-21(10-11-22(28)26-29)17-6-4-3-5-7-17/h3-9,12-13,21H,10-11,14H2,1-2H3. The summed E-state index contributed by atoms with van der Waals surface area (Å²) in [5, 5.41) is 4.49. The van der Waals surface area contributed by atoms with E-state index in [1.165, 1.54) is 10.7 Å². The maximum Gasteiger partial charge on any atom is 0.351 e. The zero-order chi connectivity index (χ0) is 20.8. The Kier molecular flexibility index (Phi) is 4.38. The first kappa shape index (κ1) is 18.5. The smallest absolute Gasteiger partial charge is 0.330 e. The zero-order valence-electron chi connectivity index (χ0n) is 16.9. The van der Waals surface area contributed by atoms with Gasteiger partial charge in [-0.2, -0.15) is 4.68 Å². The molecule has 1 aliphatic heterocycles. The molecule has 0 aliphatic carbocycles. The molecule has 0 saturated heterocycles. The van der Waals surface area contributed by atoms with E-state index in [4.69, 9.17) is 0 Å². The third kappa shape index (κ3) is 3.07. The Bertz CT molecular complexity index is 1280. The van der Waals surface area contributed by atoms with Gasteiger partial charge in [0.15, 0.2) is 0 Å². The SMILES string of the molecule is Cc1cn(Cc2ccc(-n3nc4n(c3=O)C(c3ccccc3)CC4)cc2F)c(C)n1. The molecule has 30 heavy (non-hydrogen) atoms. The number of rotatable bonds is 4. The molecular weight excluding hydrogens is 381 g/mol. The Labute approximate surface area is 173 Å². The lowest BCUT2D eigenvalue weighted by Crippen LogP contribution is -2.26. The molecule has 152 valence electrons. The molecule has 1 unspecified atom stereocenters. The van der Waals surface area contributed by atoms with Crippen molar-refractivity contribution < 1.29 is 4.39 Å². The monoisotopic (exact) mass is 403 g/mol. The van der Waals surface area contributed by atoms with Crippen LogP contribution in [-0.2, 0) is 13.0 Å². The first-order valence-corrected chi connectivity index (χ1v) is 10.1. The van der Waals surface area contributed by atoms with E-state index in [9.17, 15) is 9.18 Å². The van der Waals surface area contributed by atoms with E-state index in [0.29, 0.717) is 17.8 Å². The second-order valence-electron chi connectivity index (χ2n) is 7.78. The molecule has 7 heteroatoms. The van der Waals surface area contributed by atoms with E-state index in [1.54, 1.807) is 16.7 Å². The van der Waals surface area contributed by atoms with Crippen LogP contribution in [0.1, 0.15) is 40.9 Å². The van der Waals surface area contributed by atoms with Crippen LogP contribution in [0.4, 0.5) is 4.39 Å². The predicted octanol–water partition coefficient (Wildman–Crippen LogP) is 3.57. The number of benzene rings is 2. The molecular formula is C23H22FN5O. The lowest BCUT2D eigenvalue weighted by molar-refractivity contribution is 0.582. The van der Waals surface area contributed by atoms with Crippen molar-refractivity contribution in [3.8, 4) is 5.69 Å². The molecule has 0 amide bonds. The van der Waals surface area contributed by atoms with Crippen molar-refractivity contribution >= 4 is 0 Å². The molecule has 0 bridgehead atoms. The fraction of sp³-hybridized carbons (Fsp3) is 0.261. The predicted molar refractivity (Wildman–Crippen MR) is 111 cm³/mol. The van der Waals surface area contributed by atoms with E-state index >= 15 is 0 Å². The molecule has 3 heterocycles. The van der Waals surface area contributed by atoms with Gasteiger partial charge in [0.25, 0.3) is 0 Å². The van der Waals surface area contributed by atoms with Crippen molar-refractivity contribution in [2.24, 2.45) is 0 Å². The second kappa shape index (κ2) is 7.09. The van der Waals surface area contributed by atoms with Gasteiger partial charge in [-0.1, -0.05) is 36.4 Å². The zero-order valence-corrected chi connectivity index (χ0v) is 16.9. The lowest BCUT2D eigenvalue weighted by Gasteiger charge is -2.12. The van der Waals surface area contributed by atoms with Crippen LogP contribution in [0.3, 0.4) is 0 Å². The summed E-state index contributed by atoms with van der Waals surface area (Å²) in [7, 11) is 0. The van der Waals surface area contributed by atoms with Crippen LogP contribution in [0, 0.1) is 19.7 Å². The van der Waals surface area contributed by atoms with Crippen LogP contribution >= 0.6 is 0 Å². The van der Waals surface area contributed by atoms with Gasteiger partial charge in [-0.3, -0.25) is 4.57 Å². The van der Waals surface area contributed by atoms with E-state index in [2.05, 4.69) is 10.1 Å². The third-order valence-corrected chi connectivity index (χ3v) is 5.74. The fourth-order valence-corrected chi connectivity index (χ4v) is 4.26. The number of imidazole rings is 1. The summed E-state index contributed by atoms with van der Waals surface area (Å²) in [6.07, 6.45) is 3.47. The fourth-order valence-electron chi connectivity index (χ4n) is 4.26. The highest BCUT2D eigenvalue weighted by molar-refractivity contribution is 5.36. The van der Waals surface area contributed by atoms with Gasteiger partial charge in [-0.25, -0.2) is 14.2 Å². The lowest BCUT2D eigenvalue weighted by atomic mass is 10.1. The van der Waals surface area contributed by atoms with Crippen LogP contribution in [-0.4, -0.2) is 23.9 Å². The summed E-state index contributed by atoms with van der Waals surface area (Å²) in [6, 6.07) is 14.8. The molecule has 6 nitrogen and oxygen atoms in total. The Hall–Kier alpha value is -3.48. The highest BCUT2D eigenvalue weighted by atomic mass is 19.1. The number of halogens is 1. The third-order valence-electron chi connectivity index (χ3n) is 5.74. The Morgan fingerprint density at radius 1 is 1.13 bits per heavy atom. The number of aryl methyl sites for hydroxylation is 3. The molecule has 0 spiro atoms. The Morgan fingerprint density at radius 3 is 2.63 bits per heavy atom. The maximum absolute atomic E-state index is 14.9. The molecule has 1 atom stereocenters. The molecule has 0 N–H and O–H groups in total. The van der Waals surface area contributed by atoms with Crippen molar-refractivity contribution in [2.75, 3.05) is 0 Å². The second-order valence-corrected chi connectivity index (χ2v) is 7.78. The molecule has 2 aromatic heterocycles. The van der Waals surface area contributed by atoms with Crippen LogP contribution in [0.2, 0.25) is 0 Å². The minimum absolute atomic E-state index is 0.0287. The van der Waals surface area contributed by atoms with Gasteiger partial charge in [0, 0.05) is 24.2 Å². The Balaban J connectivity index is 1.48. The average molecular weight is 403 g/mol. The van der Waals surface area contributed by atoms with E-state index in [0.717, 1.165) is 35.7 Å². The van der Waals surface area contributed by atoms with Gasteiger partial charge in [-0.05, 0) is 31.9 Å². The largest absolute Gasteiger partial charge is 0.351 e. The molecule has 1 aliphatic rings. The Morgan fingerprint density at radius 2 is 1.93 bits per heavy atom. The van der Waals surface area contributed by atoms with Crippen LogP contribution in [0.15, 0.2) is 59.5 Å². The number of nitrogens with zero attached hydrogens (tertiary/aromatic N) is 5. The molecule has 0 radical (unpaired) electrons. The minimum atomic E-state index is -0.363. The van der Waals surface area contributed by atoms with E-state index in [1.807, 2.05) is 54.9 Å². The number of hydrogen-bond acceptors (Lipinski definition) is 3. The topological polar surface area (TPSA) is 57.6 Å². The molecule has 0 saturated carbocycles. The number of hydrogen-bond donors (Lipinski definition) is 0. The molecule has 2 aromatic carbocycles. The summed E-state index contributed by atoms with van der Waals surface area (Å²) in [6.45, 7) is 4.20. The van der Waals surface area contributed by atoms with Gasteiger partial charge >= 0.3 is 5.69 Å². The maximum atomic E-state index is 14.9. The quantitative estimate of drug-likeness (QED) is 0.523. The highest BCUT2D eigenvalue weighted by Gasteiger charge is 2.29. The van der Waals surface area contributed by atoms with Gasteiger partial charge in [0.05, 0.1) is 24.0 Å². The van der Waals surface area contributed by atoms with Crippen molar-refractivity contribution in [3.05, 3.63) is 99.5 Å². The summed E-state index contributed by atoms with van der Waals surface area (Å²) in [5.41, 5.74) is 2.74. The minimum Gasteiger partial charge on any atom is -0.330 e. The molecule has 4 aromatic rings. The van der Waals surface area contributed by atoms with Crippen LogP contribution in [0.25, 0.3) is 5.69 Å².